The Morgan fingerprint density at radius 2 is 2.05 bits per heavy atom. The van der Waals surface area contributed by atoms with Gasteiger partial charge < -0.3 is 10.4 Å². The van der Waals surface area contributed by atoms with Crippen LogP contribution >= 0.6 is 0 Å². The van der Waals surface area contributed by atoms with Gasteiger partial charge in [-0.15, -0.1) is 0 Å². The molecular formula is C15H22N2O4S. The number of rotatable bonds is 6. The second-order valence-electron chi connectivity index (χ2n) is 5.71. The van der Waals surface area contributed by atoms with Gasteiger partial charge in [0.1, 0.15) is 0 Å². The van der Waals surface area contributed by atoms with Gasteiger partial charge in [0.2, 0.25) is 10.0 Å². The Balaban J connectivity index is 2.01. The monoisotopic (exact) mass is 326 g/mol. The van der Waals surface area contributed by atoms with E-state index >= 15 is 0 Å². The SMILES string of the molecule is Cc1ccc(S(=O)(=O)N2CCCC(CNCC(=O)O)C2)cc1. The molecule has 1 fully saturated rings. The van der Waals surface area contributed by atoms with Gasteiger partial charge in [0.25, 0.3) is 0 Å². The van der Waals surface area contributed by atoms with E-state index in [1.165, 1.54) is 4.31 Å². The molecule has 122 valence electrons. The van der Waals surface area contributed by atoms with Gasteiger partial charge in [0.05, 0.1) is 11.4 Å². The molecule has 1 heterocycles. The zero-order valence-electron chi connectivity index (χ0n) is 12.7. The molecule has 22 heavy (non-hydrogen) atoms. The number of nitrogens with zero attached hydrogens (tertiary/aromatic N) is 1. The van der Waals surface area contributed by atoms with Gasteiger partial charge in [-0.25, -0.2) is 8.42 Å². The van der Waals surface area contributed by atoms with Crippen molar-refractivity contribution in [2.75, 3.05) is 26.2 Å². The van der Waals surface area contributed by atoms with Gasteiger partial charge in [-0.1, -0.05) is 17.7 Å². The second-order valence-corrected chi connectivity index (χ2v) is 7.65. The van der Waals surface area contributed by atoms with Crippen LogP contribution in [0.25, 0.3) is 0 Å². The van der Waals surface area contributed by atoms with Gasteiger partial charge in [0, 0.05) is 13.1 Å². The van der Waals surface area contributed by atoms with Crippen molar-refractivity contribution in [2.45, 2.75) is 24.7 Å². The maximum absolute atomic E-state index is 12.6. The molecule has 1 aliphatic rings. The summed E-state index contributed by atoms with van der Waals surface area (Å²) in [4.78, 5) is 10.8. The molecule has 0 aromatic heterocycles. The molecular weight excluding hydrogens is 304 g/mol. The molecule has 1 aliphatic heterocycles. The maximum atomic E-state index is 12.6. The molecule has 6 nitrogen and oxygen atoms in total. The minimum absolute atomic E-state index is 0.0960. The van der Waals surface area contributed by atoms with Crippen LogP contribution in [0.4, 0.5) is 0 Å². The summed E-state index contributed by atoms with van der Waals surface area (Å²) < 4.78 is 26.8. The van der Waals surface area contributed by atoms with E-state index < -0.39 is 16.0 Å². The minimum Gasteiger partial charge on any atom is -0.480 e. The molecule has 0 saturated carbocycles. The zero-order chi connectivity index (χ0) is 16.2. The van der Waals surface area contributed by atoms with Crippen molar-refractivity contribution in [3.05, 3.63) is 29.8 Å². The summed E-state index contributed by atoms with van der Waals surface area (Å²) in [6.07, 6.45) is 1.71. The van der Waals surface area contributed by atoms with E-state index in [9.17, 15) is 13.2 Å². The van der Waals surface area contributed by atoms with Crippen LogP contribution in [-0.2, 0) is 14.8 Å². The van der Waals surface area contributed by atoms with Crippen LogP contribution in [0.15, 0.2) is 29.2 Å². The van der Waals surface area contributed by atoms with Crippen molar-refractivity contribution >= 4 is 16.0 Å². The molecule has 0 radical (unpaired) electrons. The molecule has 1 atom stereocenters. The lowest BCUT2D eigenvalue weighted by molar-refractivity contribution is -0.136. The Morgan fingerprint density at radius 3 is 2.68 bits per heavy atom. The lowest BCUT2D eigenvalue weighted by atomic mass is 10.00. The van der Waals surface area contributed by atoms with Gasteiger partial charge in [0.15, 0.2) is 0 Å². The van der Waals surface area contributed by atoms with Crippen LogP contribution in [0.3, 0.4) is 0 Å². The molecule has 0 amide bonds. The quantitative estimate of drug-likeness (QED) is 0.816. The number of carbonyl (C=O) groups is 1. The van der Waals surface area contributed by atoms with Crippen molar-refractivity contribution in [2.24, 2.45) is 5.92 Å². The number of aliphatic carboxylic acids is 1. The molecule has 7 heteroatoms. The molecule has 1 aromatic rings. The highest BCUT2D eigenvalue weighted by atomic mass is 32.2. The second kappa shape index (κ2) is 7.21. The largest absolute Gasteiger partial charge is 0.480 e. The standard InChI is InChI=1S/C15H22N2O4S/c1-12-4-6-14(7-5-12)22(20,21)17-8-2-3-13(11-17)9-16-10-15(18)19/h4-7,13,16H,2-3,8-11H2,1H3,(H,18,19). The van der Waals surface area contributed by atoms with Crippen LogP contribution in [-0.4, -0.2) is 50.0 Å². The third-order valence-corrected chi connectivity index (χ3v) is 5.73. The first-order chi connectivity index (χ1) is 10.4. The Kier molecular flexibility index (Phi) is 5.55. The fourth-order valence-corrected chi connectivity index (χ4v) is 4.21. The highest BCUT2D eigenvalue weighted by molar-refractivity contribution is 7.89. The summed E-state index contributed by atoms with van der Waals surface area (Å²) in [6.45, 7) is 3.29. The predicted octanol–water partition coefficient (Wildman–Crippen LogP) is 1.07. The number of benzene rings is 1. The molecule has 1 unspecified atom stereocenters. The number of carboxylic acid groups (broad SMARTS) is 1. The average Bonchev–Trinajstić information content (AvgIpc) is 2.47. The predicted molar refractivity (Wildman–Crippen MR) is 83.2 cm³/mol. The van der Waals surface area contributed by atoms with Crippen molar-refractivity contribution < 1.29 is 18.3 Å². The minimum atomic E-state index is -3.46. The molecule has 1 aromatic carbocycles. The highest BCUT2D eigenvalue weighted by Gasteiger charge is 2.29. The molecule has 2 rings (SSSR count). The first kappa shape index (κ1) is 16.9. The fraction of sp³-hybridized carbons (Fsp3) is 0.533. The topological polar surface area (TPSA) is 86.7 Å². The van der Waals surface area contributed by atoms with Crippen molar-refractivity contribution in [3.8, 4) is 0 Å². The number of hydrogen-bond acceptors (Lipinski definition) is 4. The van der Waals surface area contributed by atoms with Crippen molar-refractivity contribution in [1.82, 2.24) is 9.62 Å². The van der Waals surface area contributed by atoms with Gasteiger partial charge in [-0.2, -0.15) is 4.31 Å². The lowest BCUT2D eigenvalue weighted by Crippen LogP contribution is -2.43. The first-order valence-electron chi connectivity index (χ1n) is 7.39. The number of carboxylic acids is 1. The summed E-state index contributed by atoms with van der Waals surface area (Å²) in [5.74, 6) is -0.756. The number of sulfonamides is 1. The number of aryl methyl sites for hydroxylation is 1. The Hall–Kier alpha value is -1.44. The average molecular weight is 326 g/mol. The summed E-state index contributed by atoms with van der Waals surface area (Å²) in [5.41, 5.74) is 1.02. The lowest BCUT2D eigenvalue weighted by Gasteiger charge is -2.32. The number of nitrogens with one attached hydrogen (secondary N) is 1. The third-order valence-electron chi connectivity index (χ3n) is 3.85. The normalized spacial score (nSPS) is 20.0. The van der Waals surface area contributed by atoms with Crippen molar-refractivity contribution in [1.29, 1.82) is 0 Å². The number of hydrogen-bond donors (Lipinski definition) is 2. The Labute approximate surface area is 131 Å². The maximum Gasteiger partial charge on any atom is 0.317 e. The van der Waals surface area contributed by atoms with Crippen LogP contribution in [0.5, 0.6) is 0 Å². The van der Waals surface area contributed by atoms with Crippen LogP contribution in [0.2, 0.25) is 0 Å². The van der Waals surface area contributed by atoms with E-state index in [1.54, 1.807) is 24.3 Å². The Bertz CT molecular complexity index is 613. The zero-order valence-corrected chi connectivity index (χ0v) is 13.5. The molecule has 0 aliphatic carbocycles. The van der Waals surface area contributed by atoms with Gasteiger partial charge in [-0.05, 0) is 44.4 Å². The molecule has 1 saturated heterocycles. The Morgan fingerprint density at radius 1 is 1.36 bits per heavy atom. The van der Waals surface area contributed by atoms with Gasteiger partial charge >= 0.3 is 5.97 Å². The third kappa shape index (κ3) is 4.28. The summed E-state index contributed by atoms with van der Waals surface area (Å²) >= 11 is 0. The van der Waals surface area contributed by atoms with Gasteiger partial charge in [-0.3, -0.25) is 4.79 Å². The van der Waals surface area contributed by atoms with Crippen molar-refractivity contribution in [3.63, 3.8) is 0 Å². The van der Waals surface area contributed by atoms with Crippen LogP contribution in [0.1, 0.15) is 18.4 Å². The van der Waals surface area contributed by atoms with E-state index in [-0.39, 0.29) is 12.5 Å². The van der Waals surface area contributed by atoms with Crippen LogP contribution in [0, 0.1) is 12.8 Å². The highest BCUT2D eigenvalue weighted by Crippen LogP contribution is 2.23. The fourth-order valence-electron chi connectivity index (χ4n) is 2.65. The van der Waals surface area contributed by atoms with E-state index in [1.807, 2.05) is 6.92 Å². The summed E-state index contributed by atoms with van der Waals surface area (Å²) in [6, 6.07) is 6.86. The summed E-state index contributed by atoms with van der Waals surface area (Å²) in [5, 5.41) is 11.5. The van der Waals surface area contributed by atoms with E-state index in [0.717, 1.165) is 18.4 Å². The molecule has 2 N–H and O–H groups in total. The van der Waals surface area contributed by atoms with Crippen LogP contribution < -0.4 is 5.32 Å². The number of piperidine rings is 1. The molecule has 0 spiro atoms. The smallest absolute Gasteiger partial charge is 0.317 e. The van der Waals surface area contributed by atoms with E-state index in [0.29, 0.717) is 24.5 Å². The molecule has 0 bridgehead atoms. The van der Waals surface area contributed by atoms with E-state index in [4.69, 9.17) is 5.11 Å². The first-order valence-corrected chi connectivity index (χ1v) is 8.83. The van der Waals surface area contributed by atoms with E-state index in [2.05, 4.69) is 5.32 Å². The summed E-state index contributed by atoms with van der Waals surface area (Å²) in [7, 11) is -3.46.